The highest BCUT2D eigenvalue weighted by molar-refractivity contribution is 5.83. The van der Waals surface area contributed by atoms with Gasteiger partial charge in [0.15, 0.2) is 0 Å². The molecule has 0 bridgehead atoms. The molecule has 2 aromatic rings. The second kappa shape index (κ2) is 14.6. The monoisotopic (exact) mass is 525 g/mol. The Kier molecular flexibility index (Phi) is 11.2. The van der Waals surface area contributed by atoms with Crippen molar-refractivity contribution in [2.75, 3.05) is 6.54 Å². The number of benzene rings is 2. The van der Waals surface area contributed by atoms with E-state index in [9.17, 15) is 19.7 Å². The summed E-state index contributed by atoms with van der Waals surface area (Å²) in [7, 11) is 0. The highest BCUT2D eigenvalue weighted by Crippen LogP contribution is 2.39. The van der Waals surface area contributed by atoms with Crippen molar-refractivity contribution in [1.82, 2.24) is 10.6 Å². The van der Waals surface area contributed by atoms with Crippen molar-refractivity contribution in [2.45, 2.75) is 76.8 Å². The largest absolute Gasteiger partial charge is 0.481 e. The minimum Gasteiger partial charge on any atom is -0.481 e. The fourth-order valence-electron chi connectivity index (χ4n) is 5.23. The number of rotatable bonds is 15. The van der Waals surface area contributed by atoms with Crippen LogP contribution in [0.15, 0.2) is 60.7 Å². The molecule has 0 radical (unpaired) electrons. The van der Waals surface area contributed by atoms with Gasteiger partial charge in [-0.15, -0.1) is 0 Å². The predicted octanol–water partition coefficient (Wildman–Crippen LogP) is 4.35. The van der Waals surface area contributed by atoms with Gasteiger partial charge >= 0.3 is 5.97 Å². The molecular formula is C29H39N3O6. The van der Waals surface area contributed by atoms with Crippen LogP contribution in [0.1, 0.15) is 63.1 Å². The molecule has 3 rings (SSSR count). The quantitative estimate of drug-likeness (QED) is 0.179. The minimum absolute atomic E-state index is 0.0196. The first kappa shape index (κ1) is 29.3. The first-order chi connectivity index (χ1) is 18.3. The number of unbranched alkanes of at least 4 members (excludes halogenated alkanes) is 2. The number of nitro groups is 1. The molecule has 0 aromatic heterocycles. The summed E-state index contributed by atoms with van der Waals surface area (Å²) in [6, 6.07) is 16.4. The molecule has 0 aliphatic carbocycles. The highest BCUT2D eigenvalue weighted by atomic mass is 16.6. The Balaban J connectivity index is 1.85. The summed E-state index contributed by atoms with van der Waals surface area (Å²) >= 11 is 0. The lowest BCUT2D eigenvalue weighted by Crippen LogP contribution is -2.51. The van der Waals surface area contributed by atoms with Crippen LogP contribution in [0.25, 0.3) is 0 Å². The normalized spacial score (nSPS) is 22.5. The van der Waals surface area contributed by atoms with Gasteiger partial charge in [-0.2, -0.15) is 0 Å². The summed E-state index contributed by atoms with van der Waals surface area (Å²) < 4.78 is 6.41. The molecule has 9 heteroatoms. The zero-order valence-corrected chi connectivity index (χ0v) is 22.1. The van der Waals surface area contributed by atoms with E-state index < -0.39 is 36.1 Å². The van der Waals surface area contributed by atoms with Gasteiger partial charge in [-0.05, 0) is 29.9 Å². The topological polar surface area (TPSA) is 131 Å². The number of carboxylic acids is 1. The standard InChI is InChI=1S/C29H39N3O6/c1-3-20(2)28(38-19-21-13-7-4-8-14-21)24-26(29(35)30-18-12-6-11-17-23(33)34)31-25(27(24)32(36)37)22-15-9-5-10-16-22/h4-5,7-10,13-16,20,24-28,31H,3,6,11-12,17-19H2,1-2H3,(H,30,35)(H,33,34)/t20-,24+,25-,26-,27-,28-/m0/s1. The number of nitrogens with zero attached hydrogens (tertiary/aromatic N) is 1. The van der Waals surface area contributed by atoms with Crippen LogP contribution in [-0.4, -0.2) is 46.6 Å². The number of nitrogens with one attached hydrogen (secondary N) is 2. The molecule has 1 saturated heterocycles. The van der Waals surface area contributed by atoms with E-state index in [4.69, 9.17) is 9.84 Å². The number of aliphatic carboxylic acids is 1. The maximum atomic E-state index is 13.5. The summed E-state index contributed by atoms with van der Waals surface area (Å²) in [5, 5.41) is 27.6. The van der Waals surface area contributed by atoms with Gasteiger partial charge in [0.05, 0.1) is 24.7 Å². The number of carbonyl (C=O) groups is 2. The van der Waals surface area contributed by atoms with Crippen LogP contribution >= 0.6 is 0 Å². The lowest BCUT2D eigenvalue weighted by atomic mass is 9.80. The first-order valence-corrected chi connectivity index (χ1v) is 13.4. The van der Waals surface area contributed by atoms with Crippen LogP contribution in [0.4, 0.5) is 0 Å². The van der Waals surface area contributed by atoms with E-state index >= 15 is 0 Å². The van der Waals surface area contributed by atoms with Gasteiger partial charge < -0.3 is 15.2 Å². The molecule has 1 heterocycles. The van der Waals surface area contributed by atoms with Gasteiger partial charge in [-0.25, -0.2) is 0 Å². The fraction of sp³-hybridized carbons (Fsp3) is 0.517. The van der Waals surface area contributed by atoms with E-state index in [1.165, 1.54) is 0 Å². The highest BCUT2D eigenvalue weighted by Gasteiger charge is 2.57. The van der Waals surface area contributed by atoms with Crippen molar-refractivity contribution in [3.05, 3.63) is 81.9 Å². The van der Waals surface area contributed by atoms with Crippen molar-refractivity contribution >= 4 is 11.9 Å². The molecule has 0 saturated carbocycles. The van der Waals surface area contributed by atoms with Gasteiger partial charge in [0, 0.05) is 17.9 Å². The van der Waals surface area contributed by atoms with Crippen LogP contribution in [0.3, 0.4) is 0 Å². The number of carboxylic acid groups (broad SMARTS) is 1. The third kappa shape index (κ3) is 7.85. The average molecular weight is 526 g/mol. The molecule has 1 fully saturated rings. The van der Waals surface area contributed by atoms with Gasteiger partial charge in [0.2, 0.25) is 11.9 Å². The molecule has 0 unspecified atom stereocenters. The van der Waals surface area contributed by atoms with Gasteiger partial charge in [-0.1, -0.05) is 87.4 Å². The zero-order valence-electron chi connectivity index (χ0n) is 22.1. The second-order valence-corrected chi connectivity index (χ2v) is 10.0. The molecule has 9 nitrogen and oxygen atoms in total. The summed E-state index contributed by atoms with van der Waals surface area (Å²) in [4.78, 5) is 36.5. The Labute approximate surface area is 224 Å². The van der Waals surface area contributed by atoms with Crippen molar-refractivity contribution in [2.24, 2.45) is 11.8 Å². The van der Waals surface area contributed by atoms with Gasteiger partial charge in [0.1, 0.15) is 6.04 Å². The van der Waals surface area contributed by atoms with E-state index in [1.54, 1.807) is 0 Å². The predicted molar refractivity (Wildman–Crippen MR) is 144 cm³/mol. The minimum atomic E-state index is -1.06. The Bertz CT molecular complexity index is 1040. The van der Waals surface area contributed by atoms with Crippen LogP contribution in [-0.2, 0) is 20.9 Å². The number of hydrogen-bond donors (Lipinski definition) is 3. The summed E-state index contributed by atoms with van der Waals surface area (Å²) in [6.45, 7) is 4.71. The summed E-state index contributed by atoms with van der Waals surface area (Å²) in [5.41, 5.74) is 1.72. The van der Waals surface area contributed by atoms with Crippen LogP contribution in [0.5, 0.6) is 0 Å². The van der Waals surface area contributed by atoms with E-state index in [-0.39, 0.29) is 23.2 Å². The molecule has 1 amide bonds. The van der Waals surface area contributed by atoms with E-state index in [0.717, 1.165) is 17.5 Å². The third-order valence-electron chi connectivity index (χ3n) is 7.40. The number of carbonyl (C=O) groups excluding carboxylic acids is 1. The maximum absolute atomic E-state index is 13.5. The number of ether oxygens (including phenoxy) is 1. The molecule has 206 valence electrons. The lowest BCUT2D eigenvalue weighted by Gasteiger charge is -2.32. The zero-order chi connectivity index (χ0) is 27.5. The third-order valence-corrected chi connectivity index (χ3v) is 7.40. The van der Waals surface area contributed by atoms with Gasteiger partial charge in [-0.3, -0.25) is 25.0 Å². The number of hydrogen-bond acceptors (Lipinski definition) is 6. The smallest absolute Gasteiger partial charge is 0.303 e. The average Bonchev–Trinajstić information content (AvgIpc) is 3.32. The molecular weight excluding hydrogens is 486 g/mol. The van der Waals surface area contributed by atoms with Crippen molar-refractivity contribution in [3.63, 3.8) is 0 Å². The van der Waals surface area contributed by atoms with E-state index in [0.29, 0.717) is 32.4 Å². The van der Waals surface area contributed by atoms with Crippen molar-refractivity contribution < 1.29 is 24.4 Å². The maximum Gasteiger partial charge on any atom is 0.303 e. The van der Waals surface area contributed by atoms with Crippen LogP contribution in [0.2, 0.25) is 0 Å². The molecule has 0 spiro atoms. The Hall–Kier alpha value is -3.30. The van der Waals surface area contributed by atoms with E-state index in [1.807, 2.05) is 74.5 Å². The summed E-state index contributed by atoms with van der Waals surface area (Å²) in [6.07, 6.45) is 2.17. The van der Waals surface area contributed by atoms with Crippen molar-refractivity contribution in [1.29, 1.82) is 0 Å². The fourth-order valence-corrected chi connectivity index (χ4v) is 5.23. The lowest BCUT2D eigenvalue weighted by molar-refractivity contribution is -0.535. The van der Waals surface area contributed by atoms with Crippen LogP contribution < -0.4 is 10.6 Å². The van der Waals surface area contributed by atoms with Gasteiger partial charge in [0.25, 0.3) is 0 Å². The molecule has 2 aromatic carbocycles. The molecule has 6 atom stereocenters. The SMILES string of the molecule is CC[C@H](C)[C@H](OCc1ccccc1)[C@H]1[C@H]([N+](=O)[O-])[C@H](c2ccccc2)N[C@@H]1C(=O)NCCCCCC(=O)O. The van der Waals surface area contributed by atoms with Crippen LogP contribution in [0, 0.1) is 22.0 Å². The Morgan fingerprint density at radius 2 is 1.74 bits per heavy atom. The number of amides is 1. The van der Waals surface area contributed by atoms with Crippen molar-refractivity contribution in [3.8, 4) is 0 Å². The molecule has 1 aliphatic rings. The Morgan fingerprint density at radius 1 is 1.08 bits per heavy atom. The second-order valence-electron chi connectivity index (χ2n) is 10.0. The molecule has 38 heavy (non-hydrogen) atoms. The van der Waals surface area contributed by atoms with E-state index in [2.05, 4.69) is 10.6 Å². The molecule has 1 aliphatic heterocycles. The Morgan fingerprint density at radius 3 is 2.34 bits per heavy atom. The molecule has 3 N–H and O–H groups in total. The summed E-state index contributed by atoms with van der Waals surface area (Å²) in [5.74, 6) is -1.85. The first-order valence-electron chi connectivity index (χ1n) is 13.4.